The van der Waals surface area contributed by atoms with E-state index in [1.165, 1.54) is 0 Å². The number of rotatable bonds is 2. The Morgan fingerprint density at radius 1 is 1.67 bits per heavy atom. The topological polar surface area (TPSA) is 49.3 Å². The van der Waals surface area contributed by atoms with Gasteiger partial charge in [0.25, 0.3) is 0 Å². The first-order chi connectivity index (χ1) is 4.34. The molecule has 0 aromatic carbocycles. The second kappa shape index (κ2) is 2.82. The molecule has 0 atom stereocenters. The van der Waals surface area contributed by atoms with Crippen LogP contribution in [0.3, 0.4) is 0 Å². The summed E-state index contributed by atoms with van der Waals surface area (Å²) in [6, 6.07) is 0. The number of aliphatic hydroxyl groups is 1. The van der Waals surface area contributed by atoms with Crippen LogP contribution >= 0.6 is 0 Å². The Morgan fingerprint density at radius 2 is 2.33 bits per heavy atom. The number of hydrogen-bond donors (Lipinski definition) is 2. The van der Waals surface area contributed by atoms with Crippen molar-refractivity contribution >= 4 is 5.91 Å². The van der Waals surface area contributed by atoms with E-state index in [9.17, 15) is 4.79 Å². The van der Waals surface area contributed by atoms with Crippen LogP contribution in [-0.4, -0.2) is 17.7 Å². The molecule has 0 aliphatic heterocycles. The number of nitrogens with one attached hydrogen (secondary N) is 1. The molecule has 1 rings (SSSR count). The Hall–Kier alpha value is -0.570. The molecule has 0 aromatic heterocycles. The van der Waals surface area contributed by atoms with Gasteiger partial charge in [-0.2, -0.15) is 0 Å². The first-order valence-corrected chi connectivity index (χ1v) is 3.23. The fraction of sp³-hybridized carbons (Fsp3) is 0.833. The minimum atomic E-state index is -0.227. The van der Waals surface area contributed by atoms with Crippen LogP contribution in [0.25, 0.3) is 0 Å². The first kappa shape index (κ1) is 6.55. The first-order valence-electron chi connectivity index (χ1n) is 3.23. The normalized spacial score (nSPS) is 18.8. The highest BCUT2D eigenvalue weighted by molar-refractivity contribution is 5.79. The summed E-state index contributed by atoms with van der Waals surface area (Å²) in [4.78, 5) is 10.8. The average Bonchev–Trinajstić information content (AvgIpc) is 1.60. The van der Waals surface area contributed by atoms with Gasteiger partial charge in [-0.05, 0) is 12.8 Å². The Balaban J connectivity index is 2.16. The second-order valence-corrected chi connectivity index (χ2v) is 2.33. The van der Waals surface area contributed by atoms with E-state index in [2.05, 4.69) is 5.32 Å². The number of carbonyl (C=O) groups is 1. The van der Waals surface area contributed by atoms with Gasteiger partial charge < -0.3 is 10.4 Å². The van der Waals surface area contributed by atoms with Gasteiger partial charge >= 0.3 is 0 Å². The lowest BCUT2D eigenvalue weighted by Gasteiger charge is -2.23. The van der Waals surface area contributed by atoms with Crippen molar-refractivity contribution in [1.29, 1.82) is 0 Å². The zero-order valence-electron chi connectivity index (χ0n) is 5.26. The number of hydrogen-bond acceptors (Lipinski definition) is 2. The Labute approximate surface area is 54.1 Å². The van der Waals surface area contributed by atoms with E-state index in [0.717, 1.165) is 19.3 Å². The summed E-state index contributed by atoms with van der Waals surface area (Å²) in [5.74, 6) is 0.195. The Kier molecular flexibility index (Phi) is 2.05. The molecule has 0 aromatic rings. The molecule has 0 radical (unpaired) electrons. The van der Waals surface area contributed by atoms with E-state index < -0.39 is 0 Å². The minimum absolute atomic E-state index is 0.00347. The summed E-state index contributed by atoms with van der Waals surface area (Å²) >= 11 is 0. The van der Waals surface area contributed by atoms with Gasteiger partial charge in [0.05, 0.1) is 0 Å². The molecule has 1 aliphatic rings. The van der Waals surface area contributed by atoms with E-state index in [1.807, 2.05) is 0 Å². The molecule has 3 heteroatoms. The quantitative estimate of drug-likeness (QED) is 0.509. The third-order valence-electron chi connectivity index (χ3n) is 1.73. The van der Waals surface area contributed by atoms with Crippen LogP contribution in [0.15, 0.2) is 0 Å². The third-order valence-corrected chi connectivity index (χ3v) is 1.73. The van der Waals surface area contributed by atoms with Crippen molar-refractivity contribution in [2.75, 3.05) is 6.73 Å². The predicted molar refractivity (Wildman–Crippen MR) is 32.6 cm³/mol. The van der Waals surface area contributed by atoms with Gasteiger partial charge in [-0.3, -0.25) is 4.79 Å². The molecule has 1 amide bonds. The van der Waals surface area contributed by atoms with Crippen molar-refractivity contribution in [2.45, 2.75) is 19.3 Å². The molecule has 0 bridgehead atoms. The molecule has 52 valence electrons. The molecule has 2 N–H and O–H groups in total. The lowest BCUT2D eigenvalue weighted by molar-refractivity contribution is -0.128. The van der Waals surface area contributed by atoms with Crippen LogP contribution in [0.1, 0.15) is 19.3 Å². The minimum Gasteiger partial charge on any atom is -0.377 e. The summed E-state index contributed by atoms with van der Waals surface area (Å²) in [5, 5.41) is 10.6. The van der Waals surface area contributed by atoms with E-state index in [-0.39, 0.29) is 18.6 Å². The lowest BCUT2D eigenvalue weighted by atomic mass is 9.85. The van der Waals surface area contributed by atoms with E-state index in [0.29, 0.717) is 0 Å². The lowest BCUT2D eigenvalue weighted by Crippen LogP contribution is -2.34. The molecule has 0 spiro atoms. The SMILES string of the molecule is O=C(NCO)C1CCC1. The van der Waals surface area contributed by atoms with E-state index in [4.69, 9.17) is 5.11 Å². The molecule has 9 heavy (non-hydrogen) atoms. The van der Waals surface area contributed by atoms with Crippen LogP contribution in [0, 0.1) is 5.92 Å². The summed E-state index contributed by atoms with van der Waals surface area (Å²) in [6.07, 6.45) is 3.14. The van der Waals surface area contributed by atoms with Crippen LogP contribution < -0.4 is 5.32 Å². The van der Waals surface area contributed by atoms with Crippen molar-refractivity contribution < 1.29 is 9.90 Å². The fourth-order valence-corrected chi connectivity index (χ4v) is 0.893. The zero-order chi connectivity index (χ0) is 6.69. The van der Waals surface area contributed by atoms with Gasteiger partial charge in [0.1, 0.15) is 6.73 Å². The van der Waals surface area contributed by atoms with Crippen molar-refractivity contribution in [3.63, 3.8) is 0 Å². The van der Waals surface area contributed by atoms with Crippen molar-refractivity contribution in [3.05, 3.63) is 0 Å². The fourth-order valence-electron chi connectivity index (χ4n) is 0.893. The van der Waals surface area contributed by atoms with Gasteiger partial charge in [0.2, 0.25) is 5.91 Å². The van der Waals surface area contributed by atoms with Crippen LogP contribution in [-0.2, 0) is 4.79 Å². The zero-order valence-corrected chi connectivity index (χ0v) is 5.26. The van der Waals surface area contributed by atoms with E-state index in [1.54, 1.807) is 0 Å². The third kappa shape index (κ3) is 1.42. The highest BCUT2D eigenvalue weighted by atomic mass is 16.3. The van der Waals surface area contributed by atoms with Crippen LogP contribution in [0.5, 0.6) is 0 Å². The second-order valence-electron chi connectivity index (χ2n) is 2.33. The largest absolute Gasteiger partial charge is 0.377 e. The van der Waals surface area contributed by atoms with Gasteiger partial charge in [-0.15, -0.1) is 0 Å². The Bertz CT molecular complexity index is 110. The average molecular weight is 129 g/mol. The molecular weight excluding hydrogens is 118 g/mol. The van der Waals surface area contributed by atoms with Gasteiger partial charge in [0.15, 0.2) is 0 Å². The predicted octanol–water partition coefficient (Wildman–Crippen LogP) is -0.148. The molecule has 0 heterocycles. The summed E-state index contributed by atoms with van der Waals surface area (Å²) in [5.41, 5.74) is 0. The standard InChI is InChI=1S/C6H11NO2/c8-4-7-6(9)5-2-1-3-5/h5,8H,1-4H2,(H,7,9). The number of aliphatic hydroxyl groups excluding tert-OH is 1. The summed E-state index contributed by atoms with van der Waals surface area (Å²) < 4.78 is 0. The van der Waals surface area contributed by atoms with Crippen molar-refractivity contribution in [1.82, 2.24) is 5.32 Å². The van der Waals surface area contributed by atoms with E-state index >= 15 is 0 Å². The summed E-state index contributed by atoms with van der Waals surface area (Å²) in [7, 11) is 0. The maximum Gasteiger partial charge on any atom is 0.224 e. The highest BCUT2D eigenvalue weighted by Gasteiger charge is 2.24. The molecule has 0 unspecified atom stereocenters. The monoisotopic (exact) mass is 129 g/mol. The Morgan fingerprint density at radius 3 is 2.67 bits per heavy atom. The molecule has 0 saturated heterocycles. The number of carbonyl (C=O) groups excluding carboxylic acids is 1. The van der Waals surface area contributed by atoms with Crippen molar-refractivity contribution in [2.24, 2.45) is 5.92 Å². The van der Waals surface area contributed by atoms with Crippen LogP contribution in [0.2, 0.25) is 0 Å². The molecule has 3 nitrogen and oxygen atoms in total. The van der Waals surface area contributed by atoms with Gasteiger partial charge in [-0.1, -0.05) is 6.42 Å². The molecule has 1 fully saturated rings. The maximum absolute atomic E-state index is 10.8. The smallest absolute Gasteiger partial charge is 0.224 e. The highest BCUT2D eigenvalue weighted by Crippen LogP contribution is 2.25. The molecule has 1 aliphatic carbocycles. The molecular formula is C6H11NO2. The van der Waals surface area contributed by atoms with Gasteiger partial charge in [-0.25, -0.2) is 0 Å². The van der Waals surface area contributed by atoms with Crippen molar-refractivity contribution in [3.8, 4) is 0 Å². The molecule has 1 saturated carbocycles. The summed E-state index contributed by atoms with van der Waals surface area (Å²) in [6.45, 7) is -0.227. The van der Waals surface area contributed by atoms with Gasteiger partial charge in [0, 0.05) is 5.92 Å². The van der Waals surface area contributed by atoms with Crippen LogP contribution in [0.4, 0.5) is 0 Å². The maximum atomic E-state index is 10.8. The number of amides is 1.